The Morgan fingerprint density at radius 2 is 1.75 bits per heavy atom. The van der Waals surface area contributed by atoms with Crippen LogP contribution in [0.25, 0.3) is 0 Å². The number of unbranched alkanes of at least 4 members (excludes halogenated alkanes) is 2. The summed E-state index contributed by atoms with van der Waals surface area (Å²) in [6, 6.07) is 7.51. The molecule has 2 amide bonds. The molecule has 0 spiro atoms. The molecule has 150 valence electrons. The predicted molar refractivity (Wildman–Crippen MR) is 117 cm³/mol. The Kier molecular flexibility index (Phi) is 7.23. The number of rotatable bonds is 9. The number of carbonyl (C=O) groups excluding carboxylic acids is 2. The zero-order chi connectivity index (χ0) is 19.9. The number of thiophene rings is 1. The molecule has 6 heteroatoms. The van der Waals surface area contributed by atoms with E-state index in [2.05, 4.69) is 24.1 Å². The van der Waals surface area contributed by atoms with Gasteiger partial charge in [0.15, 0.2) is 0 Å². The van der Waals surface area contributed by atoms with Gasteiger partial charge in [0.1, 0.15) is 0 Å². The molecule has 3 rings (SSSR count). The number of amides is 2. The third-order valence-electron chi connectivity index (χ3n) is 5.07. The minimum absolute atomic E-state index is 0.0293. The second-order valence-electron chi connectivity index (χ2n) is 7.17. The molecule has 1 aromatic heterocycles. The average Bonchev–Trinajstić information content (AvgIpc) is 3.14. The lowest BCUT2D eigenvalue weighted by Crippen LogP contribution is -2.33. The molecule has 1 aliphatic rings. The zero-order valence-corrected chi connectivity index (χ0v) is 17.6. The van der Waals surface area contributed by atoms with Crippen LogP contribution >= 0.6 is 11.3 Å². The minimum Gasteiger partial charge on any atom is -0.320 e. The average molecular weight is 400 g/mol. The fourth-order valence-electron chi connectivity index (χ4n) is 3.46. The van der Waals surface area contributed by atoms with Gasteiger partial charge in [0.25, 0.3) is 5.91 Å². The quantitative estimate of drug-likeness (QED) is 0.625. The molecule has 0 atom stereocenters. The van der Waals surface area contributed by atoms with E-state index in [0.717, 1.165) is 51.0 Å². The van der Waals surface area contributed by atoms with Gasteiger partial charge in [-0.3, -0.25) is 14.5 Å². The predicted octanol–water partition coefficient (Wildman–Crippen LogP) is 5.27. The van der Waals surface area contributed by atoms with Gasteiger partial charge < -0.3 is 10.2 Å². The van der Waals surface area contributed by atoms with Crippen molar-refractivity contribution in [2.75, 3.05) is 29.9 Å². The van der Waals surface area contributed by atoms with Gasteiger partial charge >= 0.3 is 0 Å². The highest BCUT2D eigenvalue weighted by atomic mass is 32.1. The Hall–Kier alpha value is -2.18. The van der Waals surface area contributed by atoms with Crippen LogP contribution in [0.2, 0.25) is 0 Å². The lowest BCUT2D eigenvalue weighted by Gasteiger charge is -2.26. The van der Waals surface area contributed by atoms with Crippen molar-refractivity contribution in [2.24, 2.45) is 0 Å². The maximum Gasteiger partial charge on any atom is 0.258 e. The van der Waals surface area contributed by atoms with Crippen molar-refractivity contribution in [1.29, 1.82) is 0 Å². The van der Waals surface area contributed by atoms with Crippen LogP contribution in [0.15, 0.2) is 35.0 Å². The lowest BCUT2D eigenvalue weighted by atomic mass is 10.2. The molecule has 0 radical (unpaired) electrons. The number of hydrogen-bond acceptors (Lipinski definition) is 4. The van der Waals surface area contributed by atoms with E-state index in [1.54, 1.807) is 4.90 Å². The van der Waals surface area contributed by atoms with Crippen LogP contribution in [-0.4, -0.2) is 36.3 Å². The van der Waals surface area contributed by atoms with Gasteiger partial charge in [-0.05, 0) is 38.1 Å². The smallest absolute Gasteiger partial charge is 0.258 e. The van der Waals surface area contributed by atoms with Crippen LogP contribution in [0, 0.1) is 0 Å². The van der Waals surface area contributed by atoms with Crippen molar-refractivity contribution in [2.45, 2.75) is 46.0 Å². The standard InChI is InChI=1S/C22H29N3O2S/c1-3-5-12-24(13-6-4-2)14-11-21(26)25-19-10-8-7-9-18(19)23-22(27)17-15-28-16-20(17)25/h7-10,15-16H,3-6,11-14H2,1-2H3,(H,23,27). The Bertz CT molecular complexity index is 810. The van der Waals surface area contributed by atoms with Gasteiger partial charge in [0.05, 0.1) is 22.6 Å². The largest absolute Gasteiger partial charge is 0.320 e. The first-order chi connectivity index (χ1) is 13.7. The first kappa shape index (κ1) is 20.6. The summed E-state index contributed by atoms with van der Waals surface area (Å²) in [5.74, 6) is -0.131. The summed E-state index contributed by atoms with van der Waals surface area (Å²) in [4.78, 5) is 30.0. The van der Waals surface area contributed by atoms with Crippen molar-refractivity contribution >= 4 is 40.2 Å². The maximum atomic E-state index is 13.3. The molecule has 2 aromatic rings. The number of nitrogens with one attached hydrogen (secondary N) is 1. The van der Waals surface area contributed by atoms with Crippen LogP contribution < -0.4 is 10.2 Å². The van der Waals surface area contributed by atoms with E-state index < -0.39 is 0 Å². The summed E-state index contributed by atoms with van der Waals surface area (Å²) >= 11 is 1.45. The van der Waals surface area contributed by atoms with E-state index in [1.165, 1.54) is 11.3 Å². The van der Waals surface area contributed by atoms with Crippen LogP contribution in [0.1, 0.15) is 56.3 Å². The van der Waals surface area contributed by atoms with Crippen LogP contribution in [0.4, 0.5) is 17.1 Å². The number of para-hydroxylation sites is 2. The molecule has 1 N–H and O–H groups in total. The van der Waals surface area contributed by atoms with Crippen molar-refractivity contribution in [3.8, 4) is 0 Å². The molecule has 1 aliphatic heterocycles. The molecule has 0 aliphatic carbocycles. The highest BCUT2D eigenvalue weighted by Crippen LogP contribution is 2.39. The van der Waals surface area contributed by atoms with Gasteiger partial charge in [-0.1, -0.05) is 38.8 Å². The van der Waals surface area contributed by atoms with E-state index in [4.69, 9.17) is 0 Å². The second kappa shape index (κ2) is 9.85. The number of anilines is 3. The maximum absolute atomic E-state index is 13.3. The Balaban J connectivity index is 1.81. The zero-order valence-electron chi connectivity index (χ0n) is 16.7. The van der Waals surface area contributed by atoms with E-state index in [0.29, 0.717) is 23.4 Å². The van der Waals surface area contributed by atoms with Gasteiger partial charge in [-0.15, -0.1) is 11.3 Å². The Morgan fingerprint density at radius 1 is 1.04 bits per heavy atom. The van der Waals surface area contributed by atoms with Crippen LogP contribution in [0.5, 0.6) is 0 Å². The van der Waals surface area contributed by atoms with Gasteiger partial charge in [0, 0.05) is 23.7 Å². The molecule has 1 aromatic carbocycles. The summed E-state index contributed by atoms with van der Waals surface area (Å²) in [5, 5.41) is 6.63. The fraction of sp³-hybridized carbons (Fsp3) is 0.455. The minimum atomic E-state index is -0.161. The van der Waals surface area contributed by atoms with E-state index in [-0.39, 0.29) is 11.8 Å². The van der Waals surface area contributed by atoms with Gasteiger partial charge in [0.2, 0.25) is 5.91 Å². The lowest BCUT2D eigenvalue weighted by molar-refractivity contribution is -0.118. The van der Waals surface area contributed by atoms with E-state index in [9.17, 15) is 9.59 Å². The number of hydrogen-bond donors (Lipinski definition) is 1. The first-order valence-electron chi connectivity index (χ1n) is 10.2. The molecule has 28 heavy (non-hydrogen) atoms. The Labute approximate surface area is 171 Å². The number of fused-ring (bicyclic) bond motifs is 2. The molecule has 2 heterocycles. The van der Waals surface area contributed by atoms with E-state index in [1.807, 2.05) is 35.0 Å². The van der Waals surface area contributed by atoms with E-state index >= 15 is 0 Å². The molecule has 0 saturated carbocycles. The summed E-state index contributed by atoms with van der Waals surface area (Å²) in [7, 11) is 0. The summed E-state index contributed by atoms with van der Waals surface area (Å²) < 4.78 is 0. The molecular weight excluding hydrogens is 370 g/mol. The molecule has 0 saturated heterocycles. The van der Waals surface area contributed by atoms with Crippen molar-refractivity contribution < 1.29 is 9.59 Å². The molecular formula is C22H29N3O2S. The highest BCUT2D eigenvalue weighted by molar-refractivity contribution is 7.08. The van der Waals surface area contributed by atoms with Crippen LogP contribution in [0.3, 0.4) is 0 Å². The van der Waals surface area contributed by atoms with Crippen molar-refractivity contribution in [3.05, 3.63) is 40.6 Å². The number of benzene rings is 1. The molecule has 0 bridgehead atoms. The normalized spacial score (nSPS) is 13.1. The monoisotopic (exact) mass is 399 g/mol. The van der Waals surface area contributed by atoms with Crippen molar-refractivity contribution in [1.82, 2.24) is 4.90 Å². The summed E-state index contributed by atoms with van der Waals surface area (Å²) in [5.41, 5.74) is 2.66. The fourth-order valence-corrected chi connectivity index (χ4v) is 4.25. The van der Waals surface area contributed by atoms with Gasteiger partial charge in [-0.2, -0.15) is 0 Å². The SMILES string of the molecule is CCCCN(CCCC)CCC(=O)N1c2ccccc2NC(=O)c2cscc21. The van der Waals surface area contributed by atoms with Crippen LogP contribution in [-0.2, 0) is 4.79 Å². The summed E-state index contributed by atoms with van der Waals surface area (Å²) in [6.07, 6.45) is 5.05. The number of nitrogens with zero attached hydrogens (tertiary/aromatic N) is 2. The number of carbonyl (C=O) groups is 2. The third-order valence-corrected chi connectivity index (χ3v) is 5.80. The second-order valence-corrected chi connectivity index (χ2v) is 7.91. The molecule has 0 unspecified atom stereocenters. The third kappa shape index (κ3) is 4.62. The highest BCUT2D eigenvalue weighted by Gasteiger charge is 2.29. The molecule has 5 nitrogen and oxygen atoms in total. The Morgan fingerprint density at radius 3 is 2.46 bits per heavy atom. The first-order valence-corrected chi connectivity index (χ1v) is 11.1. The topological polar surface area (TPSA) is 52.7 Å². The van der Waals surface area contributed by atoms with Crippen molar-refractivity contribution in [3.63, 3.8) is 0 Å². The molecule has 0 fully saturated rings. The van der Waals surface area contributed by atoms with Gasteiger partial charge in [-0.25, -0.2) is 0 Å². The summed E-state index contributed by atoms with van der Waals surface area (Å²) in [6.45, 7) is 7.20.